The van der Waals surface area contributed by atoms with Gasteiger partial charge in [-0.2, -0.15) is 0 Å². The quantitative estimate of drug-likeness (QED) is 0.294. The van der Waals surface area contributed by atoms with Gasteiger partial charge in [0.15, 0.2) is 16.7 Å². The first-order valence-electron chi connectivity index (χ1n) is 10.8. The molecule has 0 radical (unpaired) electrons. The molecule has 4 aromatic rings. The molecule has 1 aromatic carbocycles. The van der Waals surface area contributed by atoms with E-state index in [1.807, 2.05) is 48.7 Å². The third-order valence-electron chi connectivity index (χ3n) is 5.41. The fourth-order valence-corrected chi connectivity index (χ4v) is 5.45. The monoisotopic (exact) mass is 494 g/mol. The molecule has 174 valence electrons. The molecule has 0 saturated carbocycles. The van der Waals surface area contributed by atoms with Gasteiger partial charge in [-0.05, 0) is 47.2 Å². The van der Waals surface area contributed by atoms with Gasteiger partial charge in [-0.3, -0.25) is 19.1 Å². The van der Waals surface area contributed by atoms with E-state index in [4.69, 9.17) is 14.5 Å². The molecule has 5 rings (SSSR count). The third kappa shape index (κ3) is 4.64. The molecular weight excluding hydrogens is 472 g/mol. The molecule has 8 nitrogen and oxygen atoms in total. The molecule has 3 aromatic heterocycles. The van der Waals surface area contributed by atoms with E-state index in [-0.39, 0.29) is 18.3 Å². The van der Waals surface area contributed by atoms with Crippen molar-refractivity contribution in [3.8, 4) is 11.5 Å². The van der Waals surface area contributed by atoms with Crippen molar-refractivity contribution < 1.29 is 14.3 Å². The van der Waals surface area contributed by atoms with Gasteiger partial charge in [-0.25, -0.2) is 4.98 Å². The number of ether oxygens (including phenoxy) is 2. The van der Waals surface area contributed by atoms with Crippen LogP contribution >= 0.6 is 23.1 Å². The Kier molecular flexibility index (Phi) is 6.50. The number of fused-ring (bicyclic) bond motifs is 2. The fourth-order valence-electron chi connectivity index (χ4n) is 3.63. The molecule has 1 unspecified atom stereocenters. The standard InChI is InChI=1S/C24H22N4O4S2/c1-2-20(22(29)26-12-16-4-3-8-25-11-16)34-24-27-17-7-9-33-21(17)23(30)28(24)13-15-5-6-18-19(10-15)32-14-31-18/h3-11,20H,2,12-14H2,1H3,(H,26,29). The van der Waals surface area contributed by atoms with Gasteiger partial charge in [-0.1, -0.05) is 30.8 Å². The van der Waals surface area contributed by atoms with Gasteiger partial charge in [0.1, 0.15) is 4.70 Å². The Morgan fingerprint density at radius 2 is 2.12 bits per heavy atom. The van der Waals surface area contributed by atoms with Crippen molar-refractivity contribution in [2.24, 2.45) is 0 Å². The first-order valence-corrected chi connectivity index (χ1v) is 12.6. The Hall–Kier alpha value is -3.37. The highest BCUT2D eigenvalue weighted by molar-refractivity contribution is 8.00. The molecule has 1 aliphatic heterocycles. The molecule has 0 saturated heterocycles. The topological polar surface area (TPSA) is 95.3 Å². The van der Waals surface area contributed by atoms with Crippen molar-refractivity contribution in [1.82, 2.24) is 19.9 Å². The average Bonchev–Trinajstić information content (AvgIpc) is 3.53. The number of carbonyl (C=O) groups excluding carboxylic acids is 1. The highest BCUT2D eigenvalue weighted by Crippen LogP contribution is 2.33. The van der Waals surface area contributed by atoms with Crippen molar-refractivity contribution in [3.05, 3.63) is 75.7 Å². The molecule has 0 bridgehead atoms. The smallest absolute Gasteiger partial charge is 0.272 e. The second kappa shape index (κ2) is 9.86. The zero-order valence-electron chi connectivity index (χ0n) is 18.4. The van der Waals surface area contributed by atoms with Crippen molar-refractivity contribution in [2.45, 2.75) is 36.8 Å². The normalized spacial score (nSPS) is 13.2. The maximum Gasteiger partial charge on any atom is 0.272 e. The van der Waals surface area contributed by atoms with Crippen molar-refractivity contribution >= 4 is 39.2 Å². The molecule has 1 aliphatic rings. The highest BCUT2D eigenvalue weighted by atomic mass is 32.2. The summed E-state index contributed by atoms with van der Waals surface area (Å²) in [6, 6.07) is 11.2. The van der Waals surface area contributed by atoms with Crippen LogP contribution in [0.4, 0.5) is 0 Å². The van der Waals surface area contributed by atoms with E-state index < -0.39 is 5.25 Å². The number of rotatable bonds is 8. The second-order valence-corrected chi connectivity index (χ2v) is 9.79. The molecule has 4 heterocycles. The summed E-state index contributed by atoms with van der Waals surface area (Å²) in [6.07, 6.45) is 4.01. The number of nitrogens with zero attached hydrogens (tertiary/aromatic N) is 3. The SMILES string of the molecule is CCC(Sc1nc2ccsc2c(=O)n1Cc1ccc2c(c1)OCO2)C(=O)NCc1cccnc1. The van der Waals surface area contributed by atoms with E-state index in [1.54, 1.807) is 17.0 Å². The Morgan fingerprint density at radius 1 is 1.24 bits per heavy atom. The summed E-state index contributed by atoms with van der Waals surface area (Å²) in [4.78, 5) is 35.1. The van der Waals surface area contributed by atoms with Gasteiger partial charge in [0.05, 0.1) is 17.3 Å². The third-order valence-corrected chi connectivity index (χ3v) is 7.65. The lowest BCUT2D eigenvalue weighted by atomic mass is 10.2. The van der Waals surface area contributed by atoms with Gasteiger partial charge in [0.2, 0.25) is 12.7 Å². The minimum absolute atomic E-state index is 0.106. The van der Waals surface area contributed by atoms with Gasteiger partial charge in [-0.15, -0.1) is 11.3 Å². The number of carbonyl (C=O) groups is 1. The summed E-state index contributed by atoms with van der Waals surface area (Å²) in [5, 5.41) is 4.94. The summed E-state index contributed by atoms with van der Waals surface area (Å²) in [6.45, 7) is 2.84. The molecule has 0 aliphatic carbocycles. The lowest BCUT2D eigenvalue weighted by molar-refractivity contribution is -0.120. The summed E-state index contributed by atoms with van der Waals surface area (Å²) in [5.74, 6) is 1.24. The predicted molar refractivity (Wildman–Crippen MR) is 132 cm³/mol. The van der Waals surface area contributed by atoms with E-state index in [0.717, 1.165) is 11.1 Å². The van der Waals surface area contributed by atoms with E-state index in [9.17, 15) is 9.59 Å². The van der Waals surface area contributed by atoms with Gasteiger partial charge in [0.25, 0.3) is 5.56 Å². The van der Waals surface area contributed by atoms with Crippen LogP contribution in [0.3, 0.4) is 0 Å². The van der Waals surface area contributed by atoms with E-state index >= 15 is 0 Å². The number of thiophene rings is 1. The molecular formula is C24H22N4O4S2. The fraction of sp³-hybridized carbons (Fsp3) is 0.250. The van der Waals surface area contributed by atoms with Crippen molar-refractivity contribution in [3.63, 3.8) is 0 Å². The number of hydrogen-bond acceptors (Lipinski definition) is 8. The van der Waals surface area contributed by atoms with E-state index in [1.165, 1.54) is 23.1 Å². The van der Waals surface area contributed by atoms with Gasteiger partial charge >= 0.3 is 0 Å². The lowest BCUT2D eigenvalue weighted by Crippen LogP contribution is -2.33. The molecule has 1 N–H and O–H groups in total. The van der Waals surface area contributed by atoms with Crippen LogP contribution in [0.5, 0.6) is 11.5 Å². The van der Waals surface area contributed by atoms with Crippen LogP contribution in [0.1, 0.15) is 24.5 Å². The summed E-state index contributed by atoms with van der Waals surface area (Å²) in [5.41, 5.74) is 2.34. The van der Waals surface area contributed by atoms with Crippen LogP contribution in [0, 0.1) is 0 Å². The number of pyridine rings is 1. The Bertz CT molecular complexity index is 1390. The molecule has 1 atom stereocenters. The Labute approximate surface area is 204 Å². The van der Waals surface area contributed by atoms with Crippen molar-refractivity contribution in [2.75, 3.05) is 6.79 Å². The van der Waals surface area contributed by atoms with Crippen LogP contribution in [-0.2, 0) is 17.9 Å². The lowest BCUT2D eigenvalue weighted by Gasteiger charge is -2.17. The van der Waals surface area contributed by atoms with Crippen molar-refractivity contribution in [1.29, 1.82) is 0 Å². The number of hydrogen-bond donors (Lipinski definition) is 1. The van der Waals surface area contributed by atoms with Crippen LogP contribution in [0.25, 0.3) is 10.2 Å². The number of amides is 1. The summed E-state index contributed by atoms with van der Waals surface area (Å²) in [7, 11) is 0. The summed E-state index contributed by atoms with van der Waals surface area (Å²) < 4.78 is 13.1. The maximum atomic E-state index is 13.4. The second-order valence-electron chi connectivity index (χ2n) is 7.70. The van der Waals surface area contributed by atoms with E-state index in [2.05, 4.69) is 10.3 Å². The summed E-state index contributed by atoms with van der Waals surface area (Å²) >= 11 is 2.68. The maximum absolute atomic E-state index is 13.4. The van der Waals surface area contributed by atoms with Crippen LogP contribution in [0.15, 0.2) is 64.1 Å². The number of benzene rings is 1. The van der Waals surface area contributed by atoms with Gasteiger partial charge in [0, 0.05) is 18.9 Å². The highest BCUT2D eigenvalue weighted by Gasteiger charge is 2.23. The van der Waals surface area contributed by atoms with Crippen LogP contribution in [-0.4, -0.2) is 32.5 Å². The van der Waals surface area contributed by atoms with E-state index in [0.29, 0.717) is 46.4 Å². The molecule has 0 spiro atoms. The van der Waals surface area contributed by atoms with Crippen LogP contribution in [0.2, 0.25) is 0 Å². The zero-order chi connectivity index (χ0) is 23.5. The minimum atomic E-state index is -0.400. The van der Waals surface area contributed by atoms with Gasteiger partial charge < -0.3 is 14.8 Å². The molecule has 0 fully saturated rings. The number of aromatic nitrogens is 3. The molecule has 1 amide bonds. The average molecular weight is 495 g/mol. The first-order chi connectivity index (χ1) is 16.6. The number of thioether (sulfide) groups is 1. The number of nitrogens with one attached hydrogen (secondary N) is 1. The van der Waals surface area contributed by atoms with Crippen LogP contribution < -0.4 is 20.3 Å². The Morgan fingerprint density at radius 3 is 2.94 bits per heavy atom. The minimum Gasteiger partial charge on any atom is -0.454 e. The Balaban J connectivity index is 1.42. The zero-order valence-corrected chi connectivity index (χ0v) is 20.0. The molecule has 34 heavy (non-hydrogen) atoms. The predicted octanol–water partition coefficient (Wildman–Crippen LogP) is 3.82. The molecule has 10 heteroatoms. The largest absolute Gasteiger partial charge is 0.454 e. The first kappa shape index (κ1) is 22.4.